The predicted molar refractivity (Wildman–Crippen MR) is 78.2 cm³/mol. The van der Waals surface area contributed by atoms with E-state index in [1.807, 2.05) is 6.92 Å². The van der Waals surface area contributed by atoms with Crippen LogP contribution in [0.2, 0.25) is 0 Å². The number of pyridine rings is 1. The van der Waals surface area contributed by atoms with Gasteiger partial charge in [0.2, 0.25) is 15.9 Å². The predicted octanol–water partition coefficient (Wildman–Crippen LogP) is -0.316. The van der Waals surface area contributed by atoms with E-state index in [4.69, 9.17) is 10.5 Å². The van der Waals surface area contributed by atoms with Gasteiger partial charge in [0.1, 0.15) is 11.5 Å². The number of anilines is 1. The molecule has 21 heavy (non-hydrogen) atoms. The lowest BCUT2D eigenvalue weighted by Gasteiger charge is -2.12. The molecule has 0 aliphatic rings. The molecule has 0 aromatic carbocycles. The fourth-order valence-electron chi connectivity index (χ4n) is 1.50. The number of ether oxygens (including phenoxy) is 1. The first-order chi connectivity index (χ1) is 9.97. The molecule has 0 aliphatic heterocycles. The van der Waals surface area contributed by atoms with Gasteiger partial charge in [0.15, 0.2) is 0 Å². The third-order valence-corrected chi connectivity index (χ3v) is 3.91. The quantitative estimate of drug-likeness (QED) is 0.508. The number of nitrogens with one attached hydrogen (secondary N) is 2. The van der Waals surface area contributed by atoms with Gasteiger partial charge in [-0.3, -0.25) is 9.78 Å². The van der Waals surface area contributed by atoms with Crippen LogP contribution in [0, 0.1) is 0 Å². The van der Waals surface area contributed by atoms with Crippen molar-refractivity contribution in [3.63, 3.8) is 0 Å². The normalized spacial score (nSPS) is 11.3. The minimum absolute atomic E-state index is 0.0394. The number of sulfonamides is 1. The molecule has 1 heterocycles. The van der Waals surface area contributed by atoms with Crippen molar-refractivity contribution < 1.29 is 17.9 Å². The number of hydrogen-bond acceptors (Lipinski definition) is 6. The van der Waals surface area contributed by atoms with Crippen molar-refractivity contribution in [2.45, 2.75) is 18.2 Å². The van der Waals surface area contributed by atoms with Gasteiger partial charge in [0.05, 0.1) is 12.3 Å². The highest BCUT2D eigenvalue weighted by atomic mass is 32.2. The fraction of sp³-hybridized carbons (Fsp3) is 0.500. The van der Waals surface area contributed by atoms with Crippen LogP contribution in [0.15, 0.2) is 23.4 Å². The summed E-state index contributed by atoms with van der Waals surface area (Å²) in [4.78, 5) is 14.4. The number of aromatic nitrogens is 1. The number of amides is 1. The van der Waals surface area contributed by atoms with Crippen LogP contribution < -0.4 is 15.8 Å². The van der Waals surface area contributed by atoms with Crippen LogP contribution in [0.3, 0.4) is 0 Å². The number of rotatable bonds is 10. The van der Waals surface area contributed by atoms with E-state index in [0.717, 1.165) is 6.42 Å². The molecule has 0 atom stereocenters. The first kappa shape index (κ1) is 17.3. The lowest BCUT2D eigenvalue weighted by Crippen LogP contribution is -2.29. The maximum atomic E-state index is 12.2. The van der Waals surface area contributed by atoms with Crippen molar-refractivity contribution in [2.75, 3.05) is 31.6 Å². The molecule has 1 amide bonds. The molecule has 8 nitrogen and oxygen atoms in total. The van der Waals surface area contributed by atoms with Crippen molar-refractivity contribution in [2.24, 2.45) is 5.73 Å². The summed E-state index contributed by atoms with van der Waals surface area (Å²) in [7, 11) is -3.69. The minimum Gasteiger partial charge on any atom is -0.384 e. The monoisotopic (exact) mass is 316 g/mol. The Labute approximate surface area is 124 Å². The van der Waals surface area contributed by atoms with Crippen LogP contribution in [0.4, 0.5) is 5.69 Å². The Hall–Kier alpha value is -1.71. The number of carbonyl (C=O) groups excluding carboxylic acids is 1. The van der Waals surface area contributed by atoms with Crippen molar-refractivity contribution in [1.29, 1.82) is 0 Å². The highest BCUT2D eigenvalue weighted by Gasteiger charge is 2.18. The van der Waals surface area contributed by atoms with E-state index in [-0.39, 0.29) is 24.7 Å². The van der Waals surface area contributed by atoms with Crippen LogP contribution in [0.25, 0.3) is 0 Å². The van der Waals surface area contributed by atoms with Gasteiger partial charge >= 0.3 is 0 Å². The van der Waals surface area contributed by atoms with E-state index in [0.29, 0.717) is 12.2 Å². The van der Waals surface area contributed by atoms with E-state index in [1.54, 1.807) is 6.07 Å². The van der Waals surface area contributed by atoms with Crippen LogP contribution >= 0.6 is 0 Å². The van der Waals surface area contributed by atoms with Gasteiger partial charge in [-0.15, -0.1) is 0 Å². The highest BCUT2D eigenvalue weighted by molar-refractivity contribution is 7.89. The van der Waals surface area contributed by atoms with Gasteiger partial charge in [-0.1, -0.05) is 6.92 Å². The van der Waals surface area contributed by atoms with Gasteiger partial charge in [0, 0.05) is 25.5 Å². The Bertz CT molecular complexity index is 562. The van der Waals surface area contributed by atoms with E-state index < -0.39 is 15.9 Å². The molecule has 1 aromatic rings. The van der Waals surface area contributed by atoms with Crippen LogP contribution in [-0.4, -0.2) is 45.6 Å². The summed E-state index contributed by atoms with van der Waals surface area (Å²) in [5, 5.41) is 3.03. The van der Waals surface area contributed by atoms with Crippen LogP contribution in [-0.2, 0) is 19.6 Å². The molecule has 0 radical (unpaired) electrons. The maximum Gasteiger partial charge on any atom is 0.244 e. The standard InChI is InChI=1S/C12H20N4O4S/c1-2-4-15-10-3-5-14-8-11(10)21(18,19)16-6-7-20-9-12(13)17/h3,5,8,16H,2,4,6-7,9H2,1H3,(H2,13,17)(H,14,15). The van der Waals surface area contributed by atoms with Gasteiger partial charge < -0.3 is 15.8 Å². The van der Waals surface area contributed by atoms with E-state index >= 15 is 0 Å². The zero-order chi connectivity index (χ0) is 15.7. The summed E-state index contributed by atoms with van der Waals surface area (Å²) in [6.45, 7) is 2.50. The summed E-state index contributed by atoms with van der Waals surface area (Å²) in [6.07, 6.45) is 3.67. The second-order valence-electron chi connectivity index (χ2n) is 4.22. The van der Waals surface area contributed by atoms with Crippen molar-refractivity contribution in [3.8, 4) is 0 Å². The van der Waals surface area contributed by atoms with Crippen molar-refractivity contribution >= 4 is 21.6 Å². The molecule has 9 heteroatoms. The van der Waals surface area contributed by atoms with E-state index in [1.165, 1.54) is 12.4 Å². The van der Waals surface area contributed by atoms with Crippen molar-refractivity contribution in [1.82, 2.24) is 9.71 Å². The van der Waals surface area contributed by atoms with Crippen LogP contribution in [0.5, 0.6) is 0 Å². The molecule has 4 N–H and O–H groups in total. The van der Waals surface area contributed by atoms with Gasteiger partial charge in [0.25, 0.3) is 0 Å². The van der Waals surface area contributed by atoms with Gasteiger partial charge in [-0.25, -0.2) is 13.1 Å². The Morgan fingerprint density at radius 3 is 2.86 bits per heavy atom. The Balaban J connectivity index is 2.63. The second kappa shape index (κ2) is 8.55. The smallest absolute Gasteiger partial charge is 0.244 e. The van der Waals surface area contributed by atoms with Gasteiger partial charge in [-0.2, -0.15) is 0 Å². The molecule has 0 unspecified atom stereocenters. The zero-order valence-corrected chi connectivity index (χ0v) is 12.6. The summed E-state index contributed by atoms with van der Waals surface area (Å²) >= 11 is 0. The molecule has 0 saturated carbocycles. The molecule has 0 saturated heterocycles. The van der Waals surface area contributed by atoms with E-state index in [2.05, 4.69) is 15.0 Å². The molecule has 0 aliphatic carbocycles. The second-order valence-corrected chi connectivity index (χ2v) is 5.95. The molecular formula is C12H20N4O4S. The third-order valence-electron chi connectivity index (χ3n) is 2.42. The molecule has 0 spiro atoms. The van der Waals surface area contributed by atoms with Crippen LogP contribution in [0.1, 0.15) is 13.3 Å². The average molecular weight is 316 g/mol. The summed E-state index contributed by atoms with van der Waals surface area (Å²) < 4.78 is 31.6. The molecule has 0 bridgehead atoms. The maximum absolute atomic E-state index is 12.2. The molecule has 118 valence electrons. The van der Waals surface area contributed by atoms with Crippen molar-refractivity contribution in [3.05, 3.63) is 18.5 Å². The largest absolute Gasteiger partial charge is 0.384 e. The molecule has 1 aromatic heterocycles. The summed E-state index contributed by atoms with van der Waals surface area (Å²) in [5.41, 5.74) is 5.40. The zero-order valence-electron chi connectivity index (χ0n) is 11.8. The number of primary amides is 1. The number of nitrogens with zero attached hydrogens (tertiary/aromatic N) is 1. The third kappa shape index (κ3) is 6.06. The van der Waals surface area contributed by atoms with Gasteiger partial charge in [-0.05, 0) is 12.5 Å². The topological polar surface area (TPSA) is 123 Å². The first-order valence-electron chi connectivity index (χ1n) is 6.51. The fourth-order valence-corrected chi connectivity index (χ4v) is 2.64. The summed E-state index contributed by atoms with van der Waals surface area (Å²) in [6, 6.07) is 1.60. The number of hydrogen-bond donors (Lipinski definition) is 3. The highest BCUT2D eigenvalue weighted by Crippen LogP contribution is 2.19. The Morgan fingerprint density at radius 1 is 1.43 bits per heavy atom. The molecular weight excluding hydrogens is 296 g/mol. The molecule has 0 fully saturated rings. The Morgan fingerprint density at radius 2 is 2.19 bits per heavy atom. The Kier molecular flexibility index (Phi) is 7.06. The minimum atomic E-state index is -3.69. The number of carbonyl (C=O) groups is 1. The average Bonchev–Trinajstić information content (AvgIpc) is 2.44. The lowest BCUT2D eigenvalue weighted by atomic mass is 10.4. The van der Waals surface area contributed by atoms with E-state index in [9.17, 15) is 13.2 Å². The molecule has 1 rings (SSSR count). The summed E-state index contributed by atoms with van der Waals surface area (Å²) in [5.74, 6) is -0.601. The number of nitrogens with two attached hydrogens (primary N) is 1. The first-order valence-corrected chi connectivity index (χ1v) is 7.99. The SMILES string of the molecule is CCCNc1ccncc1S(=O)(=O)NCCOCC(N)=O. The lowest BCUT2D eigenvalue weighted by molar-refractivity contribution is -0.122.